The van der Waals surface area contributed by atoms with E-state index in [2.05, 4.69) is 39.1 Å². The summed E-state index contributed by atoms with van der Waals surface area (Å²) in [6.07, 6.45) is 1.68. The number of hydrogen-bond donors (Lipinski definition) is 0. The molecule has 24 heavy (non-hydrogen) atoms. The molecule has 3 rings (SSSR count). The van der Waals surface area contributed by atoms with Crippen molar-refractivity contribution in [3.63, 3.8) is 0 Å². The summed E-state index contributed by atoms with van der Waals surface area (Å²) >= 11 is 0. The van der Waals surface area contributed by atoms with Gasteiger partial charge in [-0.1, -0.05) is 42.4 Å². The van der Waals surface area contributed by atoms with E-state index >= 15 is 0 Å². The van der Waals surface area contributed by atoms with Gasteiger partial charge in [-0.3, -0.25) is 4.90 Å². The van der Waals surface area contributed by atoms with Crippen molar-refractivity contribution in [2.75, 3.05) is 20.7 Å². The van der Waals surface area contributed by atoms with Crippen LogP contribution in [0, 0.1) is 0 Å². The quantitative estimate of drug-likeness (QED) is 0.694. The van der Waals surface area contributed by atoms with Crippen molar-refractivity contribution < 1.29 is 9.26 Å². The Morgan fingerprint density at radius 3 is 2.58 bits per heavy atom. The molecule has 2 aromatic heterocycles. The normalized spacial score (nSPS) is 12.3. The molecule has 0 unspecified atom stereocenters. The monoisotopic (exact) mass is 324 g/mol. The number of hydrogen-bond acceptors (Lipinski definition) is 6. The Morgan fingerprint density at radius 1 is 1.17 bits per heavy atom. The van der Waals surface area contributed by atoms with Crippen molar-refractivity contribution >= 4 is 0 Å². The van der Waals surface area contributed by atoms with E-state index < -0.39 is 0 Å². The number of benzene rings is 1. The van der Waals surface area contributed by atoms with E-state index in [1.165, 1.54) is 0 Å². The molecular weight excluding hydrogens is 304 g/mol. The molecule has 0 aliphatic carbocycles. The molecule has 0 radical (unpaired) electrons. The third-order valence-electron chi connectivity index (χ3n) is 3.93. The fourth-order valence-electron chi connectivity index (χ4n) is 2.50. The Balaban J connectivity index is 1.93. The van der Waals surface area contributed by atoms with Crippen LogP contribution in [-0.2, 0) is 0 Å². The van der Waals surface area contributed by atoms with Crippen LogP contribution in [0.3, 0.4) is 0 Å². The van der Waals surface area contributed by atoms with Gasteiger partial charge in [-0.05, 0) is 25.2 Å². The number of methoxy groups -OCH3 is 1. The molecule has 3 aromatic rings. The van der Waals surface area contributed by atoms with Crippen LogP contribution in [0.5, 0.6) is 5.88 Å². The zero-order valence-corrected chi connectivity index (χ0v) is 14.0. The molecule has 0 spiro atoms. The van der Waals surface area contributed by atoms with Crippen LogP contribution >= 0.6 is 0 Å². The van der Waals surface area contributed by atoms with Gasteiger partial charge in [0.25, 0.3) is 0 Å². The first kappa shape index (κ1) is 16.1. The summed E-state index contributed by atoms with van der Waals surface area (Å²) in [6, 6.07) is 13.7. The number of nitrogens with zero attached hydrogens (tertiary/aromatic N) is 4. The zero-order valence-electron chi connectivity index (χ0n) is 14.0. The number of aromatic nitrogens is 3. The largest absolute Gasteiger partial charge is 0.481 e. The van der Waals surface area contributed by atoms with E-state index in [0.717, 1.165) is 17.7 Å². The SMILES string of the molecule is CCN(C)[C@H](c1ccccc1)c1nc(-c2ccc(OC)nc2)no1. The molecule has 0 fully saturated rings. The maximum absolute atomic E-state index is 5.55. The predicted octanol–water partition coefficient (Wildman–Crippen LogP) is 3.18. The average Bonchev–Trinajstić information content (AvgIpc) is 3.12. The topological polar surface area (TPSA) is 64.3 Å². The average molecular weight is 324 g/mol. The van der Waals surface area contributed by atoms with Crippen molar-refractivity contribution in [2.45, 2.75) is 13.0 Å². The Hall–Kier alpha value is -2.73. The van der Waals surface area contributed by atoms with Crippen molar-refractivity contribution in [1.82, 2.24) is 20.0 Å². The molecule has 0 saturated carbocycles. The van der Waals surface area contributed by atoms with E-state index in [1.54, 1.807) is 19.4 Å². The van der Waals surface area contributed by atoms with Crippen LogP contribution in [0.25, 0.3) is 11.4 Å². The second kappa shape index (κ2) is 7.23. The summed E-state index contributed by atoms with van der Waals surface area (Å²) in [7, 11) is 3.62. The molecule has 6 heteroatoms. The van der Waals surface area contributed by atoms with Gasteiger partial charge in [-0.2, -0.15) is 4.98 Å². The van der Waals surface area contributed by atoms with Crippen molar-refractivity contribution in [3.8, 4) is 17.3 Å². The second-order valence-corrected chi connectivity index (χ2v) is 5.43. The fourth-order valence-corrected chi connectivity index (χ4v) is 2.50. The zero-order chi connectivity index (χ0) is 16.9. The van der Waals surface area contributed by atoms with Gasteiger partial charge in [0, 0.05) is 17.8 Å². The summed E-state index contributed by atoms with van der Waals surface area (Å²) in [5.41, 5.74) is 1.90. The maximum atomic E-state index is 5.55. The highest BCUT2D eigenvalue weighted by Gasteiger charge is 2.24. The molecule has 0 aliphatic heterocycles. The van der Waals surface area contributed by atoms with E-state index in [1.807, 2.05) is 31.3 Å². The lowest BCUT2D eigenvalue weighted by atomic mass is 10.1. The number of ether oxygens (including phenoxy) is 1. The van der Waals surface area contributed by atoms with Crippen molar-refractivity contribution in [2.24, 2.45) is 0 Å². The highest BCUT2D eigenvalue weighted by Crippen LogP contribution is 2.28. The van der Waals surface area contributed by atoms with Crippen LogP contribution in [-0.4, -0.2) is 40.7 Å². The first-order chi connectivity index (χ1) is 11.7. The highest BCUT2D eigenvalue weighted by atomic mass is 16.5. The molecule has 0 aliphatic rings. The van der Waals surface area contributed by atoms with Crippen molar-refractivity contribution in [1.29, 1.82) is 0 Å². The minimum atomic E-state index is -0.0799. The third-order valence-corrected chi connectivity index (χ3v) is 3.93. The molecule has 1 aromatic carbocycles. The predicted molar refractivity (Wildman–Crippen MR) is 90.7 cm³/mol. The lowest BCUT2D eigenvalue weighted by molar-refractivity contribution is 0.234. The standard InChI is InChI=1S/C18H20N4O2/c1-4-22(2)16(13-8-6-5-7-9-13)18-20-17(21-24-18)14-10-11-15(23-3)19-12-14/h5-12,16H,4H2,1-3H3/t16-/m1/s1. The minimum Gasteiger partial charge on any atom is -0.481 e. The van der Waals surface area contributed by atoms with E-state index in [0.29, 0.717) is 17.6 Å². The summed E-state index contributed by atoms with van der Waals surface area (Å²) in [5.74, 6) is 1.64. The maximum Gasteiger partial charge on any atom is 0.248 e. The molecule has 0 saturated heterocycles. The number of pyridine rings is 1. The van der Waals surface area contributed by atoms with E-state index in [-0.39, 0.29) is 6.04 Å². The fraction of sp³-hybridized carbons (Fsp3) is 0.278. The van der Waals surface area contributed by atoms with E-state index in [9.17, 15) is 0 Å². The smallest absolute Gasteiger partial charge is 0.248 e. The van der Waals surface area contributed by atoms with E-state index in [4.69, 9.17) is 9.26 Å². The van der Waals surface area contributed by atoms with Gasteiger partial charge >= 0.3 is 0 Å². The Bertz CT molecular complexity index is 771. The van der Waals surface area contributed by atoms with Gasteiger partial charge in [-0.15, -0.1) is 0 Å². The lowest BCUT2D eigenvalue weighted by Crippen LogP contribution is -2.25. The molecule has 0 amide bonds. The Morgan fingerprint density at radius 2 is 1.96 bits per heavy atom. The Kier molecular flexibility index (Phi) is 4.86. The highest BCUT2D eigenvalue weighted by molar-refractivity contribution is 5.53. The van der Waals surface area contributed by atoms with Gasteiger partial charge in [0.15, 0.2) is 0 Å². The minimum absolute atomic E-state index is 0.0799. The molecular formula is C18H20N4O2. The first-order valence-corrected chi connectivity index (χ1v) is 7.82. The lowest BCUT2D eigenvalue weighted by Gasteiger charge is -2.23. The van der Waals surface area contributed by atoms with Crippen LogP contribution < -0.4 is 4.74 Å². The van der Waals surface area contributed by atoms with Gasteiger partial charge < -0.3 is 9.26 Å². The van der Waals surface area contributed by atoms with Gasteiger partial charge in [-0.25, -0.2) is 4.98 Å². The van der Waals surface area contributed by atoms with Crippen LogP contribution in [0.15, 0.2) is 53.2 Å². The second-order valence-electron chi connectivity index (χ2n) is 5.43. The Labute approximate surface area is 141 Å². The molecule has 2 heterocycles. The van der Waals surface area contributed by atoms with Gasteiger partial charge in [0.2, 0.25) is 17.6 Å². The van der Waals surface area contributed by atoms with Crippen molar-refractivity contribution in [3.05, 3.63) is 60.1 Å². The summed E-state index contributed by atoms with van der Waals surface area (Å²) in [6.45, 7) is 2.96. The number of rotatable bonds is 6. The summed E-state index contributed by atoms with van der Waals surface area (Å²) in [5, 5.41) is 4.11. The van der Waals surface area contributed by atoms with Crippen LogP contribution in [0.2, 0.25) is 0 Å². The molecule has 0 N–H and O–H groups in total. The molecule has 124 valence electrons. The molecule has 0 bridgehead atoms. The molecule has 6 nitrogen and oxygen atoms in total. The van der Waals surface area contributed by atoms with Gasteiger partial charge in [0.05, 0.1) is 7.11 Å². The summed E-state index contributed by atoms with van der Waals surface area (Å²) < 4.78 is 10.6. The van der Waals surface area contributed by atoms with Crippen LogP contribution in [0.4, 0.5) is 0 Å². The molecule has 1 atom stereocenters. The first-order valence-electron chi connectivity index (χ1n) is 7.82. The van der Waals surface area contributed by atoms with Gasteiger partial charge in [0.1, 0.15) is 6.04 Å². The third kappa shape index (κ3) is 3.28. The summed E-state index contributed by atoms with van der Waals surface area (Å²) in [4.78, 5) is 10.9. The van der Waals surface area contributed by atoms with Crippen LogP contribution in [0.1, 0.15) is 24.4 Å².